The molecular formula is C20H15ClN2OS. The van der Waals surface area contributed by atoms with E-state index in [2.05, 4.69) is 9.97 Å². The molecular weight excluding hydrogens is 352 g/mol. The predicted octanol–water partition coefficient (Wildman–Crippen LogP) is 5.20. The fraction of sp³-hybridized carbons (Fsp3) is 0.100. The Morgan fingerprint density at radius 2 is 1.96 bits per heavy atom. The Bertz CT molecular complexity index is 1120. The van der Waals surface area contributed by atoms with Crippen LogP contribution in [0.15, 0.2) is 58.7 Å². The van der Waals surface area contributed by atoms with E-state index < -0.39 is 0 Å². The van der Waals surface area contributed by atoms with Crippen molar-refractivity contribution in [1.29, 1.82) is 0 Å². The van der Waals surface area contributed by atoms with Gasteiger partial charge in [-0.15, -0.1) is 11.3 Å². The van der Waals surface area contributed by atoms with Crippen LogP contribution in [0, 0.1) is 6.92 Å². The summed E-state index contributed by atoms with van der Waals surface area (Å²) in [5.74, 6) is 0.685. The molecule has 0 saturated carbocycles. The first kappa shape index (κ1) is 16.1. The molecule has 0 atom stereocenters. The fourth-order valence-electron chi connectivity index (χ4n) is 2.89. The van der Waals surface area contributed by atoms with Gasteiger partial charge < -0.3 is 4.98 Å². The zero-order valence-corrected chi connectivity index (χ0v) is 15.1. The van der Waals surface area contributed by atoms with Crippen molar-refractivity contribution in [3.63, 3.8) is 0 Å². The summed E-state index contributed by atoms with van der Waals surface area (Å²) in [6, 6.07) is 15.8. The van der Waals surface area contributed by atoms with Crippen molar-refractivity contribution in [2.75, 3.05) is 0 Å². The third-order valence-electron chi connectivity index (χ3n) is 4.18. The van der Waals surface area contributed by atoms with E-state index in [-0.39, 0.29) is 5.56 Å². The smallest absolute Gasteiger partial charge is 0.260 e. The van der Waals surface area contributed by atoms with Gasteiger partial charge in [0.25, 0.3) is 5.56 Å². The van der Waals surface area contributed by atoms with Crippen molar-refractivity contribution in [3.05, 3.63) is 86.2 Å². The molecule has 4 rings (SSSR count). The Balaban J connectivity index is 1.79. The molecule has 3 nitrogen and oxygen atoms in total. The highest BCUT2D eigenvalue weighted by Gasteiger charge is 2.13. The molecule has 0 aliphatic rings. The number of hydrogen-bond acceptors (Lipinski definition) is 3. The summed E-state index contributed by atoms with van der Waals surface area (Å²) in [5.41, 5.74) is 3.90. The van der Waals surface area contributed by atoms with Crippen LogP contribution in [0.1, 0.15) is 17.0 Å². The highest BCUT2D eigenvalue weighted by atomic mass is 35.5. The van der Waals surface area contributed by atoms with Crippen LogP contribution in [-0.4, -0.2) is 9.97 Å². The molecule has 2 aromatic carbocycles. The van der Waals surface area contributed by atoms with Gasteiger partial charge in [0.05, 0.1) is 5.39 Å². The van der Waals surface area contributed by atoms with Gasteiger partial charge >= 0.3 is 0 Å². The molecule has 0 saturated heterocycles. The molecule has 0 fully saturated rings. The van der Waals surface area contributed by atoms with E-state index in [9.17, 15) is 4.79 Å². The van der Waals surface area contributed by atoms with Crippen molar-refractivity contribution in [2.45, 2.75) is 13.3 Å². The maximum absolute atomic E-state index is 12.7. The van der Waals surface area contributed by atoms with Gasteiger partial charge in [-0.3, -0.25) is 4.79 Å². The molecule has 0 bridgehead atoms. The first-order chi connectivity index (χ1) is 12.1. The Morgan fingerprint density at radius 3 is 2.72 bits per heavy atom. The monoisotopic (exact) mass is 366 g/mol. The van der Waals surface area contributed by atoms with E-state index in [4.69, 9.17) is 11.6 Å². The predicted molar refractivity (Wildman–Crippen MR) is 105 cm³/mol. The number of aromatic nitrogens is 2. The summed E-state index contributed by atoms with van der Waals surface area (Å²) in [6.45, 7) is 1.96. The van der Waals surface area contributed by atoms with Gasteiger partial charge in [-0.25, -0.2) is 4.98 Å². The van der Waals surface area contributed by atoms with Crippen molar-refractivity contribution in [1.82, 2.24) is 9.97 Å². The standard InChI is InChI=1S/C20H15ClN2OS/c1-12-9-14(7-8-16(12)21)15-11-25-20-18(15)19(24)22-17(23-20)10-13-5-3-2-4-6-13/h2-9,11H,10H2,1H3,(H,22,23,24). The highest BCUT2D eigenvalue weighted by Crippen LogP contribution is 2.32. The molecule has 4 aromatic rings. The highest BCUT2D eigenvalue weighted by molar-refractivity contribution is 7.17. The molecule has 25 heavy (non-hydrogen) atoms. The van der Waals surface area contributed by atoms with Gasteiger partial charge in [-0.1, -0.05) is 48.0 Å². The molecule has 0 radical (unpaired) electrons. The van der Waals surface area contributed by atoms with Crippen LogP contribution < -0.4 is 5.56 Å². The van der Waals surface area contributed by atoms with E-state index >= 15 is 0 Å². The number of aromatic amines is 1. The number of thiophene rings is 1. The van der Waals surface area contributed by atoms with Crippen LogP contribution in [0.4, 0.5) is 0 Å². The van der Waals surface area contributed by atoms with Crippen molar-refractivity contribution in [3.8, 4) is 11.1 Å². The van der Waals surface area contributed by atoms with E-state index in [1.807, 2.05) is 60.8 Å². The van der Waals surface area contributed by atoms with Gasteiger partial charge in [-0.2, -0.15) is 0 Å². The van der Waals surface area contributed by atoms with Gasteiger partial charge in [0.1, 0.15) is 10.7 Å². The fourth-order valence-corrected chi connectivity index (χ4v) is 3.98. The number of hydrogen-bond donors (Lipinski definition) is 1. The molecule has 2 heterocycles. The summed E-state index contributed by atoms with van der Waals surface area (Å²) < 4.78 is 0. The zero-order valence-electron chi connectivity index (χ0n) is 13.5. The average Bonchev–Trinajstić information content (AvgIpc) is 3.03. The minimum Gasteiger partial charge on any atom is -0.310 e. The molecule has 0 aliphatic heterocycles. The Morgan fingerprint density at radius 1 is 1.16 bits per heavy atom. The number of rotatable bonds is 3. The molecule has 0 aliphatic carbocycles. The van der Waals surface area contributed by atoms with E-state index in [1.165, 1.54) is 11.3 Å². The lowest BCUT2D eigenvalue weighted by molar-refractivity contribution is 0.977. The van der Waals surface area contributed by atoms with E-state index in [0.29, 0.717) is 17.6 Å². The van der Waals surface area contributed by atoms with Crippen molar-refractivity contribution in [2.24, 2.45) is 0 Å². The summed E-state index contributed by atoms with van der Waals surface area (Å²) >= 11 is 7.61. The summed E-state index contributed by atoms with van der Waals surface area (Å²) in [4.78, 5) is 21.0. The molecule has 2 aromatic heterocycles. The Labute approximate surface area is 154 Å². The lowest BCUT2D eigenvalue weighted by Gasteiger charge is -2.04. The second-order valence-electron chi connectivity index (χ2n) is 5.97. The number of aryl methyl sites for hydroxylation is 1. The van der Waals surface area contributed by atoms with Gasteiger partial charge in [0.2, 0.25) is 0 Å². The third-order valence-corrected chi connectivity index (χ3v) is 5.47. The third kappa shape index (κ3) is 3.11. The number of benzene rings is 2. The van der Waals surface area contributed by atoms with E-state index in [0.717, 1.165) is 32.1 Å². The van der Waals surface area contributed by atoms with Crippen LogP contribution in [0.5, 0.6) is 0 Å². The maximum Gasteiger partial charge on any atom is 0.260 e. The maximum atomic E-state index is 12.7. The zero-order chi connectivity index (χ0) is 17.4. The lowest BCUT2D eigenvalue weighted by atomic mass is 10.0. The minimum atomic E-state index is -0.0974. The Kier molecular flexibility index (Phi) is 4.15. The first-order valence-corrected chi connectivity index (χ1v) is 9.18. The van der Waals surface area contributed by atoms with Crippen LogP contribution in [0.3, 0.4) is 0 Å². The number of fused-ring (bicyclic) bond motifs is 1. The topological polar surface area (TPSA) is 45.8 Å². The van der Waals surface area contributed by atoms with Gasteiger partial charge in [0.15, 0.2) is 0 Å². The molecule has 1 N–H and O–H groups in total. The first-order valence-electron chi connectivity index (χ1n) is 7.92. The van der Waals surface area contributed by atoms with Gasteiger partial charge in [-0.05, 0) is 35.7 Å². The minimum absolute atomic E-state index is 0.0974. The largest absolute Gasteiger partial charge is 0.310 e. The molecule has 124 valence electrons. The SMILES string of the molecule is Cc1cc(-c2csc3nc(Cc4ccccc4)[nH]c(=O)c23)ccc1Cl. The Hall–Kier alpha value is -2.43. The molecule has 0 spiro atoms. The molecule has 0 amide bonds. The second-order valence-corrected chi connectivity index (χ2v) is 7.23. The van der Waals surface area contributed by atoms with Gasteiger partial charge in [0, 0.05) is 22.4 Å². The summed E-state index contributed by atoms with van der Waals surface area (Å²) in [7, 11) is 0. The van der Waals surface area contributed by atoms with E-state index in [1.54, 1.807) is 0 Å². The number of nitrogens with zero attached hydrogens (tertiary/aromatic N) is 1. The summed E-state index contributed by atoms with van der Waals surface area (Å²) in [6.07, 6.45) is 0.610. The van der Waals surface area contributed by atoms with Crippen LogP contribution in [0.2, 0.25) is 5.02 Å². The van der Waals surface area contributed by atoms with Crippen molar-refractivity contribution >= 4 is 33.2 Å². The summed E-state index contributed by atoms with van der Waals surface area (Å²) in [5, 5.41) is 3.35. The second kappa shape index (κ2) is 6.47. The lowest BCUT2D eigenvalue weighted by Crippen LogP contribution is -2.11. The van der Waals surface area contributed by atoms with Crippen LogP contribution in [-0.2, 0) is 6.42 Å². The number of H-pyrrole nitrogens is 1. The molecule has 5 heteroatoms. The number of nitrogens with one attached hydrogen (secondary N) is 1. The molecule has 0 unspecified atom stereocenters. The normalized spacial score (nSPS) is 11.1. The number of halogens is 1. The quantitative estimate of drug-likeness (QED) is 0.541. The average molecular weight is 367 g/mol. The van der Waals surface area contributed by atoms with Crippen LogP contribution in [0.25, 0.3) is 21.3 Å². The van der Waals surface area contributed by atoms with Crippen molar-refractivity contribution < 1.29 is 0 Å². The van der Waals surface area contributed by atoms with Crippen LogP contribution >= 0.6 is 22.9 Å².